The summed E-state index contributed by atoms with van der Waals surface area (Å²) in [6.07, 6.45) is 0. The van der Waals surface area contributed by atoms with Gasteiger partial charge in [0.25, 0.3) is 0 Å². The molecule has 0 radical (unpaired) electrons. The third-order valence-electron chi connectivity index (χ3n) is 4.53. The van der Waals surface area contributed by atoms with Gasteiger partial charge in [0.2, 0.25) is 5.91 Å². The summed E-state index contributed by atoms with van der Waals surface area (Å²) in [4.78, 5) is 13.0. The predicted molar refractivity (Wildman–Crippen MR) is 109 cm³/mol. The van der Waals surface area contributed by atoms with Gasteiger partial charge in [-0.15, -0.1) is 0 Å². The molecule has 2 atom stereocenters. The van der Waals surface area contributed by atoms with Crippen LogP contribution in [-0.2, 0) is 4.79 Å². The largest absolute Gasteiger partial charge is 0.496 e. The Labute approximate surface area is 164 Å². The summed E-state index contributed by atoms with van der Waals surface area (Å²) in [6, 6.07) is 22.2. The summed E-state index contributed by atoms with van der Waals surface area (Å²) in [5.41, 5.74) is 2.34. The number of nitrogens with one attached hydrogen (secondary N) is 2. The number of halogens is 1. The molecule has 4 nitrogen and oxygen atoms in total. The van der Waals surface area contributed by atoms with E-state index in [9.17, 15) is 9.18 Å². The van der Waals surface area contributed by atoms with Crippen molar-refractivity contribution in [1.82, 2.24) is 5.32 Å². The molecule has 0 heterocycles. The Bertz CT molecular complexity index is 913. The van der Waals surface area contributed by atoms with Gasteiger partial charge in [-0.25, -0.2) is 4.39 Å². The molecular weight excluding hydrogens is 355 g/mol. The Morgan fingerprint density at radius 3 is 2.25 bits per heavy atom. The molecule has 2 N–H and O–H groups in total. The van der Waals surface area contributed by atoms with E-state index in [0.717, 1.165) is 16.9 Å². The third kappa shape index (κ3) is 4.75. The van der Waals surface area contributed by atoms with Crippen molar-refractivity contribution >= 4 is 11.6 Å². The zero-order valence-corrected chi connectivity index (χ0v) is 15.9. The van der Waals surface area contributed by atoms with Crippen LogP contribution in [0.1, 0.15) is 30.1 Å². The monoisotopic (exact) mass is 378 g/mol. The number of ether oxygens (including phenoxy) is 1. The maximum absolute atomic E-state index is 13.1. The van der Waals surface area contributed by atoms with Crippen molar-refractivity contribution in [3.8, 4) is 5.75 Å². The van der Waals surface area contributed by atoms with Gasteiger partial charge in [-0.05, 0) is 42.8 Å². The van der Waals surface area contributed by atoms with Crippen LogP contribution in [0.3, 0.4) is 0 Å². The molecule has 0 unspecified atom stereocenters. The number of amides is 1. The van der Waals surface area contributed by atoms with Gasteiger partial charge < -0.3 is 10.1 Å². The Kier molecular flexibility index (Phi) is 6.40. The molecule has 0 aliphatic rings. The van der Waals surface area contributed by atoms with E-state index in [0.29, 0.717) is 5.69 Å². The van der Waals surface area contributed by atoms with Crippen molar-refractivity contribution in [1.29, 1.82) is 0 Å². The molecule has 0 saturated heterocycles. The minimum atomic E-state index is -0.592. The summed E-state index contributed by atoms with van der Waals surface area (Å²) in [7, 11) is 1.63. The molecule has 3 aromatic rings. The molecule has 0 fully saturated rings. The first-order valence-corrected chi connectivity index (χ1v) is 9.09. The number of hydrogen-bond donors (Lipinski definition) is 2. The van der Waals surface area contributed by atoms with E-state index in [1.54, 1.807) is 19.2 Å². The maximum Gasteiger partial charge on any atom is 0.246 e. The molecule has 3 rings (SSSR count). The highest BCUT2D eigenvalue weighted by molar-refractivity contribution is 5.95. The molecule has 0 aliphatic heterocycles. The number of hydrogen-bond acceptors (Lipinski definition) is 3. The van der Waals surface area contributed by atoms with Gasteiger partial charge in [-0.2, -0.15) is 0 Å². The fourth-order valence-corrected chi connectivity index (χ4v) is 3.08. The van der Waals surface area contributed by atoms with Gasteiger partial charge in [0.05, 0.1) is 7.11 Å². The average molecular weight is 378 g/mol. The Morgan fingerprint density at radius 1 is 0.929 bits per heavy atom. The highest BCUT2D eigenvalue weighted by Crippen LogP contribution is 2.27. The predicted octanol–water partition coefficient (Wildman–Crippen LogP) is 4.86. The fraction of sp³-hybridized carbons (Fsp3) is 0.174. The fourth-order valence-electron chi connectivity index (χ4n) is 3.08. The molecule has 0 saturated carbocycles. The van der Waals surface area contributed by atoms with Crippen molar-refractivity contribution in [2.45, 2.75) is 19.0 Å². The first-order chi connectivity index (χ1) is 13.6. The van der Waals surface area contributed by atoms with Gasteiger partial charge in [-0.3, -0.25) is 10.1 Å². The van der Waals surface area contributed by atoms with Crippen LogP contribution in [0.2, 0.25) is 0 Å². The molecule has 3 aromatic carbocycles. The van der Waals surface area contributed by atoms with E-state index in [-0.39, 0.29) is 17.8 Å². The number of benzene rings is 3. The lowest BCUT2D eigenvalue weighted by molar-refractivity contribution is -0.118. The number of para-hydroxylation sites is 1. The van der Waals surface area contributed by atoms with Crippen molar-refractivity contribution < 1.29 is 13.9 Å². The molecule has 0 aliphatic carbocycles. The highest BCUT2D eigenvalue weighted by Gasteiger charge is 2.24. The van der Waals surface area contributed by atoms with E-state index >= 15 is 0 Å². The number of carbonyl (C=O) groups excluding carboxylic acids is 1. The zero-order valence-electron chi connectivity index (χ0n) is 15.9. The Balaban J connectivity index is 1.85. The summed E-state index contributed by atoms with van der Waals surface area (Å²) >= 11 is 0. The summed E-state index contributed by atoms with van der Waals surface area (Å²) in [5.74, 6) is 0.188. The summed E-state index contributed by atoms with van der Waals surface area (Å²) in [6.45, 7) is 1.99. The number of carbonyl (C=O) groups is 1. The molecule has 28 heavy (non-hydrogen) atoms. The van der Waals surface area contributed by atoms with Crippen molar-refractivity contribution in [3.63, 3.8) is 0 Å². The second-order valence-electron chi connectivity index (χ2n) is 6.47. The smallest absolute Gasteiger partial charge is 0.246 e. The van der Waals surface area contributed by atoms with E-state index in [1.807, 2.05) is 61.5 Å². The minimum Gasteiger partial charge on any atom is -0.496 e. The van der Waals surface area contributed by atoms with Crippen LogP contribution < -0.4 is 15.4 Å². The van der Waals surface area contributed by atoms with Gasteiger partial charge in [0.1, 0.15) is 17.6 Å². The second kappa shape index (κ2) is 9.15. The van der Waals surface area contributed by atoms with Gasteiger partial charge in [0.15, 0.2) is 0 Å². The first kappa shape index (κ1) is 19.6. The van der Waals surface area contributed by atoms with Crippen LogP contribution in [0.4, 0.5) is 10.1 Å². The summed E-state index contributed by atoms with van der Waals surface area (Å²) in [5, 5.41) is 6.24. The normalized spacial score (nSPS) is 12.8. The quantitative estimate of drug-likeness (QED) is 0.617. The molecular formula is C23H23FN2O2. The van der Waals surface area contributed by atoms with Crippen LogP contribution in [0.15, 0.2) is 78.9 Å². The van der Waals surface area contributed by atoms with Crippen LogP contribution in [0, 0.1) is 5.82 Å². The van der Waals surface area contributed by atoms with Crippen LogP contribution in [0.5, 0.6) is 5.75 Å². The lowest BCUT2D eigenvalue weighted by Gasteiger charge is -2.24. The third-order valence-corrected chi connectivity index (χ3v) is 4.53. The average Bonchev–Trinajstić information content (AvgIpc) is 2.74. The SMILES string of the molecule is COc1ccccc1[C@H](C)N[C@@H](C(=O)Nc1ccc(F)cc1)c1ccccc1. The topological polar surface area (TPSA) is 50.4 Å². The Hall–Kier alpha value is -3.18. The van der Waals surface area contributed by atoms with Crippen LogP contribution >= 0.6 is 0 Å². The standard InChI is InChI=1S/C23H23FN2O2/c1-16(20-10-6-7-11-21(20)28-2)25-22(17-8-4-3-5-9-17)23(27)26-19-14-12-18(24)13-15-19/h3-16,22,25H,1-2H3,(H,26,27)/t16-,22+/m0/s1. The van der Waals surface area contributed by atoms with Gasteiger partial charge in [-0.1, -0.05) is 48.5 Å². The summed E-state index contributed by atoms with van der Waals surface area (Å²) < 4.78 is 18.6. The van der Waals surface area contributed by atoms with E-state index in [1.165, 1.54) is 12.1 Å². The highest BCUT2D eigenvalue weighted by atomic mass is 19.1. The van der Waals surface area contributed by atoms with Crippen LogP contribution in [0.25, 0.3) is 0 Å². The van der Waals surface area contributed by atoms with E-state index in [4.69, 9.17) is 4.74 Å². The molecule has 0 bridgehead atoms. The lowest BCUT2D eigenvalue weighted by Crippen LogP contribution is -2.34. The maximum atomic E-state index is 13.1. The van der Waals surface area contributed by atoms with Crippen LogP contribution in [-0.4, -0.2) is 13.0 Å². The number of methoxy groups -OCH3 is 1. The van der Waals surface area contributed by atoms with Crippen molar-refractivity contribution in [2.24, 2.45) is 0 Å². The molecule has 5 heteroatoms. The zero-order chi connectivity index (χ0) is 19.9. The van der Waals surface area contributed by atoms with Gasteiger partial charge in [0, 0.05) is 17.3 Å². The molecule has 144 valence electrons. The molecule has 0 aromatic heterocycles. The second-order valence-corrected chi connectivity index (χ2v) is 6.47. The van der Waals surface area contributed by atoms with E-state index in [2.05, 4.69) is 10.6 Å². The molecule has 1 amide bonds. The number of anilines is 1. The van der Waals surface area contributed by atoms with Crippen molar-refractivity contribution in [2.75, 3.05) is 12.4 Å². The lowest BCUT2D eigenvalue weighted by atomic mass is 10.0. The Morgan fingerprint density at radius 2 is 1.57 bits per heavy atom. The number of rotatable bonds is 7. The minimum absolute atomic E-state index is 0.139. The van der Waals surface area contributed by atoms with E-state index < -0.39 is 6.04 Å². The molecule has 0 spiro atoms. The van der Waals surface area contributed by atoms with Crippen molar-refractivity contribution in [3.05, 3.63) is 95.8 Å². The van der Waals surface area contributed by atoms with Gasteiger partial charge >= 0.3 is 0 Å². The first-order valence-electron chi connectivity index (χ1n) is 9.09.